The molecule has 0 bridgehead atoms. The van der Waals surface area contributed by atoms with Gasteiger partial charge in [0, 0.05) is 23.8 Å². The van der Waals surface area contributed by atoms with Crippen LogP contribution in [0.15, 0.2) is 16.7 Å². The third-order valence-electron chi connectivity index (χ3n) is 3.85. The molecule has 0 aromatic carbocycles. The number of hydrogen-bond donors (Lipinski definition) is 3. The van der Waals surface area contributed by atoms with Gasteiger partial charge in [0.2, 0.25) is 0 Å². The van der Waals surface area contributed by atoms with E-state index in [-0.39, 0.29) is 11.0 Å². The Labute approximate surface area is 130 Å². The molecule has 1 saturated heterocycles. The second kappa shape index (κ2) is 4.88. The first-order valence-electron chi connectivity index (χ1n) is 6.54. The quantitative estimate of drug-likeness (QED) is 0.567. The third-order valence-corrected chi connectivity index (χ3v) is 4.28. The average Bonchev–Trinajstić information content (AvgIpc) is 2.44. The summed E-state index contributed by atoms with van der Waals surface area (Å²) in [6.07, 6.45) is 2.80. The molecule has 1 fully saturated rings. The van der Waals surface area contributed by atoms with Gasteiger partial charge in [-0.25, -0.2) is 9.97 Å². The number of pyridine rings is 1. The monoisotopic (exact) mass is 349 g/mol. The number of rotatable bonds is 3. The summed E-state index contributed by atoms with van der Waals surface area (Å²) in [5.74, 6) is 0.563. The lowest BCUT2D eigenvalue weighted by Gasteiger charge is -2.48. The van der Waals surface area contributed by atoms with Gasteiger partial charge in [0.1, 0.15) is 0 Å². The Kier molecular flexibility index (Phi) is 3.29. The first-order chi connectivity index (χ1) is 9.97. The van der Waals surface area contributed by atoms with Gasteiger partial charge < -0.3 is 10.2 Å². The number of halogens is 1. The molecule has 3 heterocycles. The van der Waals surface area contributed by atoms with Crippen LogP contribution < -0.4 is 15.7 Å². The van der Waals surface area contributed by atoms with Crippen molar-refractivity contribution in [3.8, 4) is 0 Å². The minimum absolute atomic E-state index is 0.0474. The predicted molar refractivity (Wildman–Crippen MR) is 84.9 cm³/mol. The maximum atomic E-state index is 8.30. The Morgan fingerprint density at radius 3 is 2.81 bits per heavy atom. The summed E-state index contributed by atoms with van der Waals surface area (Å²) in [4.78, 5) is 10.8. The summed E-state index contributed by atoms with van der Waals surface area (Å²) in [7, 11) is 1.93. The van der Waals surface area contributed by atoms with Crippen LogP contribution in [0.2, 0.25) is 0 Å². The number of nitrogens with zero attached hydrogens (tertiary/aromatic N) is 4. The number of anilines is 1. The van der Waals surface area contributed by atoms with Gasteiger partial charge in [0.25, 0.3) is 0 Å². The van der Waals surface area contributed by atoms with Crippen molar-refractivity contribution in [2.24, 2.45) is 0 Å². The van der Waals surface area contributed by atoms with E-state index in [0.29, 0.717) is 17.0 Å². The van der Waals surface area contributed by atoms with Crippen molar-refractivity contribution in [1.29, 1.82) is 10.8 Å². The molecular weight excluding hydrogens is 334 g/mol. The molecule has 8 heteroatoms. The predicted octanol–water partition coefficient (Wildman–Crippen LogP) is 0.927. The SMILES string of the molecule is CNC1(C)CN(c2nc3ncc(Br)cc3n(C=N)c2=N)C1. The Morgan fingerprint density at radius 2 is 2.19 bits per heavy atom. The molecule has 0 aliphatic carbocycles. The second-order valence-corrected chi connectivity index (χ2v) is 6.36. The highest BCUT2D eigenvalue weighted by Crippen LogP contribution is 2.24. The van der Waals surface area contributed by atoms with Crippen LogP contribution in [0, 0.1) is 10.8 Å². The number of hydrogen-bond acceptors (Lipinski definition) is 6. The van der Waals surface area contributed by atoms with Crippen LogP contribution >= 0.6 is 15.9 Å². The molecule has 7 nitrogen and oxygen atoms in total. The molecule has 1 aliphatic heterocycles. The van der Waals surface area contributed by atoms with Gasteiger partial charge in [-0.2, -0.15) is 0 Å². The highest BCUT2D eigenvalue weighted by molar-refractivity contribution is 9.10. The molecule has 2 aromatic rings. The molecule has 0 unspecified atom stereocenters. The lowest BCUT2D eigenvalue weighted by Crippen LogP contribution is -2.67. The van der Waals surface area contributed by atoms with Gasteiger partial charge in [-0.05, 0) is 36.0 Å². The Bertz CT molecular complexity index is 776. The number of likely N-dealkylation sites (N-methyl/N-ethyl adjacent to an activating group) is 1. The first kappa shape index (κ1) is 14.2. The van der Waals surface area contributed by atoms with Gasteiger partial charge >= 0.3 is 0 Å². The minimum Gasteiger partial charge on any atom is -0.350 e. The summed E-state index contributed by atoms with van der Waals surface area (Å²) >= 11 is 3.36. The molecule has 0 radical (unpaired) electrons. The largest absolute Gasteiger partial charge is 0.350 e. The Hall–Kier alpha value is -1.80. The van der Waals surface area contributed by atoms with E-state index in [9.17, 15) is 0 Å². The van der Waals surface area contributed by atoms with Crippen LogP contribution in [0.4, 0.5) is 5.82 Å². The van der Waals surface area contributed by atoms with Crippen molar-refractivity contribution >= 4 is 39.3 Å². The van der Waals surface area contributed by atoms with E-state index in [2.05, 4.69) is 38.1 Å². The fourth-order valence-corrected chi connectivity index (χ4v) is 2.84. The molecule has 3 N–H and O–H groups in total. The molecule has 0 saturated carbocycles. The number of fused-ring (bicyclic) bond motifs is 1. The topological polar surface area (TPSA) is 93.7 Å². The van der Waals surface area contributed by atoms with E-state index in [4.69, 9.17) is 10.8 Å². The zero-order valence-electron chi connectivity index (χ0n) is 11.8. The fraction of sp³-hybridized carbons (Fsp3) is 0.385. The average molecular weight is 350 g/mol. The van der Waals surface area contributed by atoms with E-state index in [0.717, 1.165) is 23.9 Å². The van der Waals surface area contributed by atoms with Gasteiger partial charge in [-0.3, -0.25) is 15.4 Å². The number of nitrogens with one attached hydrogen (secondary N) is 3. The second-order valence-electron chi connectivity index (χ2n) is 5.45. The van der Waals surface area contributed by atoms with Crippen LogP contribution in [-0.2, 0) is 0 Å². The normalized spacial score (nSPS) is 16.8. The van der Waals surface area contributed by atoms with Crippen molar-refractivity contribution < 1.29 is 0 Å². The molecule has 110 valence electrons. The van der Waals surface area contributed by atoms with Crippen LogP contribution in [0.3, 0.4) is 0 Å². The van der Waals surface area contributed by atoms with Crippen LogP contribution in [0.25, 0.3) is 11.2 Å². The van der Waals surface area contributed by atoms with Gasteiger partial charge in [-0.1, -0.05) is 0 Å². The van der Waals surface area contributed by atoms with Crippen LogP contribution in [-0.4, -0.2) is 46.5 Å². The highest BCUT2D eigenvalue weighted by atomic mass is 79.9. The Morgan fingerprint density at radius 1 is 1.48 bits per heavy atom. The van der Waals surface area contributed by atoms with Crippen molar-refractivity contribution in [3.63, 3.8) is 0 Å². The highest BCUT2D eigenvalue weighted by Gasteiger charge is 2.38. The lowest BCUT2D eigenvalue weighted by molar-refractivity contribution is 0.300. The summed E-state index contributed by atoms with van der Waals surface area (Å²) in [5.41, 5.74) is 1.43. The summed E-state index contributed by atoms with van der Waals surface area (Å²) in [5, 5.41) is 19.1. The summed E-state index contributed by atoms with van der Waals surface area (Å²) in [6.45, 7) is 3.69. The third kappa shape index (κ3) is 2.24. The van der Waals surface area contributed by atoms with Crippen molar-refractivity contribution in [2.45, 2.75) is 12.5 Å². The molecule has 1 aliphatic rings. The van der Waals surface area contributed by atoms with E-state index < -0.39 is 0 Å². The number of aromatic nitrogens is 3. The zero-order valence-corrected chi connectivity index (χ0v) is 13.4. The van der Waals surface area contributed by atoms with Crippen molar-refractivity contribution in [2.75, 3.05) is 25.0 Å². The molecular formula is C13H16BrN7. The summed E-state index contributed by atoms with van der Waals surface area (Å²) < 4.78 is 2.29. The molecule has 21 heavy (non-hydrogen) atoms. The zero-order chi connectivity index (χ0) is 15.2. The molecule has 0 atom stereocenters. The van der Waals surface area contributed by atoms with Gasteiger partial charge in [0.05, 0.1) is 17.4 Å². The van der Waals surface area contributed by atoms with Crippen LogP contribution in [0.5, 0.6) is 0 Å². The van der Waals surface area contributed by atoms with Crippen molar-refractivity contribution in [3.05, 3.63) is 22.2 Å². The Balaban J connectivity index is 2.13. The molecule has 3 rings (SSSR count). The smallest absolute Gasteiger partial charge is 0.178 e. The standard InChI is InChI=1S/C13H16BrN7/c1-13(17-2)5-20(6-13)12-10(16)21(7-15)9-3-8(14)4-18-11(9)19-12/h3-4,7,15-17H,5-6H2,1-2H3. The fourth-order valence-electron chi connectivity index (χ4n) is 2.52. The van der Waals surface area contributed by atoms with Crippen LogP contribution in [0.1, 0.15) is 6.92 Å². The molecule has 2 aromatic heterocycles. The maximum Gasteiger partial charge on any atom is 0.178 e. The van der Waals surface area contributed by atoms with Crippen molar-refractivity contribution in [1.82, 2.24) is 19.9 Å². The maximum absolute atomic E-state index is 8.30. The van der Waals surface area contributed by atoms with Gasteiger partial charge in [-0.15, -0.1) is 0 Å². The van der Waals surface area contributed by atoms with E-state index in [1.54, 1.807) is 6.20 Å². The summed E-state index contributed by atoms with van der Waals surface area (Å²) in [6, 6.07) is 1.82. The van der Waals surface area contributed by atoms with Gasteiger partial charge in [0.15, 0.2) is 17.0 Å². The lowest BCUT2D eigenvalue weighted by atomic mass is 9.93. The first-order valence-corrected chi connectivity index (χ1v) is 7.33. The minimum atomic E-state index is 0.0474. The van der Waals surface area contributed by atoms with E-state index in [1.165, 1.54) is 4.57 Å². The van der Waals surface area contributed by atoms with E-state index in [1.807, 2.05) is 18.0 Å². The van der Waals surface area contributed by atoms with E-state index >= 15 is 0 Å². The molecule has 0 amide bonds. The molecule has 0 spiro atoms.